The van der Waals surface area contributed by atoms with Crippen LogP contribution in [0, 0.1) is 0 Å². The first kappa shape index (κ1) is 10.8. The van der Waals surface area contributed by atoms with E-state index in [4.69, 9.17) is 5.73 Å². The SMILES string of the molecule is CC(=O)NCCSCCCN. The second-order valence-corrected chi connectivity index (χ2v) is 3.46. The Kier molecular flexibility index (Phi) is 7.72. The number of nitrogens with two attached hydrogens (primary N) is 1. The lowest BCUT2D eigenvalue weighted by Crippen LogP contribution is -2.22. The van der Waals surface area contributed by atoms with E-state index in [0.29, 0.717) is 0 Å². The Bertz CT molecular complexity index is 109. The highest BCUT2D eigenvalue weighted by Gasteiger charge is 1.90. The van der Waals surface area contributed by atoms with Gasteiger partial charge >= 0.3 is 0 Å². The van der Waals surface area contributed by atoms with Gasteiger partial charge in [0.15, 0.2) is 0 Å². The van der Waals surface area contributed by atoms with Crippen molar-refractivity contribution < 1.29 is 4.79 Å². The molecular weight excluding hydrogens is 160 g/mol. The summed E-state index contributed by atoms with van der Waals surface area (Å²) in [6.07, 6.45) is 1.06. The molecule has 0 unspecified atom stereocenters. The van der Waals surface area contributed by atoms with Crippen molar-refractivity contribution in [3.63, 3.8) is 0 Å². The van der Waals surface area contributed by atoms with Crippen LogP contribution in [0.5, 0.6) is 0 Å². The van der Waals surface area contributed by atoms with Gasteiger partial charge in [0.25, 0.3) is 0 Å². The Morgan fingerprint density at radius 1 is 1.55 bits per heavy atom. The van der Waals surface area contributed by atoms with Crippen LogP contribution >= 0.6 is 11.8 Å². The molecule has 0 saturated carbocycles. The summed E-state index contributed by atoms with van der Waals surface area (Å²) >= 11 is 1.83. The van der Waals surface area contributed by atoms with Gasteiger partial charge in [0.05, 0.1) is 0 Å². The smallest absolute Gasteiger partial charge is 0.216 e. The topological polar surface area (TPSA) is 55.1 Å². The largest absolute Gasteiger partial charge is 0.356 e. The molecule has 66 valence electrons. The van der Waals surface area contributed by atoms with Crippen molar-refractivity contribution in [3.05, 3.63) is 0 Å². The molecule has 0 saturated heterocycles. The lowest BCUT2D eigenvalue weighted by Gasteiger charge is -2.00. The molecular formula is C7H16N2OS. The van der Waals surface area contributed by atoms with Gasteiger partial charge in [-0.2, -0.15) is 11.8 Å². The summed E-state index contributed by atoms with van der Waals surface area (Å²) < 4.78 is 0. The normalized spacial score (nSPS) is 9.64. The zero-order chi connectivity index (χ0) is 8.53. The Balaban J connectivity index is 2.85. The van der Waals surface area contributed by atoms with Gasteiger partial charge in [0.2, 0.25) is 5.91 Å². The molecule has 0 aliphatic rings. The van der Waals surface area contributed by atoms with Crippen LogP contribution in [0.1, 0.15) is 13.3 Å². The maximum Gasteiger partial charge on any atom is 0.216 e. The van der Waals surface area contributed by atoms with Gasteiger partial charge in [-0.05, 0) is 18.7 Å². The molecule has 0 rings (SSSR count). The van der Waals surface area contributed by atoms with Crippen molar-refractivity contribution in [2.75, 3.05) is 24.6 Å². The van der Waals surface area contributed by atoms with Crippen LogP contribution in [0.25, 0.3) is 0 Å². The molecule has 11 heavy (non-hydrogen) atoms. The molecule has 1 amide bonds. The average molecular weight is 176 g/mol. The van der Waals surface area contributed by atoms with Crippen molar-refractivity contribution in [1.29, 1.82) is 0 Å². The van der Waals surface area contributed by atoms with Gasteiger partial charge in [-0.25, -0.2) is 0 Å². The summed E-state index contributed by atoms with van der Waals surface area (Å²) in [5.74, 6) is 2.12. The zero-order valence-corrected chi connectivity index (χ0v) is 7.75. The van der Waals surface area contributed by atoms with Crippen LogP contribution in [0.4, 0.5) is 0 Å². The molecule has 0 aromatic heterocycles. The molecule has 4 heteroatoms. The van der Waals surface area contributed by atoms with Crippen LogP contribution in [0.3, 0.4) is 0 Å². The highest BCUT2D eigenvalue weighted by atomic mass is 32.2. The Hall–Kier alpha value is -0.220. The Labute approximate surface area is 72.1 Å². The third-order valence-electron chi connectivity index (χ3n) is 1.11. The number of carbonyl (C=O) groups excluding carboxylic acids is 1. The summed E-state index contributed by atoms with van der Waals surface area (Å²) in [6, 6.07) is 0. The molecule has 0 aliphatic heterocycles. The first-order valence-electron chi connectivity index (χ1n) is 3.79. The van der Waals surface area contributed by atoms with Gasteiger partial charge < -0.3 is 11.1 Å². The number of nitrogens with one attached hydrogen (secondary N) is 1. The molecule has 0 aliphatic carbocycles. The summed E-state index contributed by atoms with van der Waals surface area (Å²) in [5, 5.41) is 2.73. The maximum atomic E-state index is 10.4. The second kappa shape index (κ2) is 7.88. The van der Waals surface area contributed by atoms with Crippen LogP contribution in [0.2, 0.25) is 0 Å². The minimum absolute atomic E-state index is 0.0458. The average Bonchev–Trinajstić information content (AvgIpc) is 1.96. The summed E-state index contributed by atoms with van der Waals surface area (Å²) in [4.78, 5) is 10.4. The lowest BCUT2D eigenvalue weighted by atomic mass is 10.5. The van der Waals surface area contributed by atoms with E-state index < -0.39 is 0 Å². The van der Waals surface area contributed by atoms with Crippen molar-refractivity contribution >= 4 is 17.7 Å². The molecule has 0 bridgehead atoms. The van der Waals surface area contributed by atoms with E-state index in [9.17, 15) is 4.79 Å². The lowest BCUT2D eigenvalue weighted by molar-refractivity contribution is -0.118. The van der Waals surface area contributed by atoms with Crippen LogP contribution in [-0.2, 0) is 4.79 Å². The molecule has 0 radical (unpaired) electrons. The number of amides is 1. The monoisotopic (exact) mass is 176 g/mol. The number of rotatable bonds is 6. The number of carbonyl (C=O) groups is 1. The highest BCUT2D eigenvalue weighted by Crippen LogP contribution is 1.99. The fourth-order valence-electron chi connectivity index (χ4n) is 0.587. The second-order valence-electron chi connectivity index (χ2n) is 2.24. The minimum Gasteiger partial charge on any atom is -0.356 e. The fourth-order valence-corrected chi connectivity index (χ4v) is 1.41. The van der Waals surface area contributed by atoms with Crippen molar-refractivity contribution in [3.8, 4) is 0 Å². The molecule has 0 heterocycles. The molecule has 0 fully saturated rings. The molecule has 0 aromatic carbocycles. The highest BCUT2D eigenvalue weighted by molar-refractivity contribution is 7.99. The van der Waals surface area contributed by atoms with Crippen LogP contribution < -0.4 is 11.1 Å². The third kappa shape index (κ3) is 9.78. The number of hydrogen-bond donors (Lipinski definition) is 2. The zero-order valence-electron chi connectivity index (χ0n) is 6.93. The van der Waals surface area contributed by atoms with Crippen molar-refractivity contribution in [1.82, 2.24) is 5.32 Å². The van der Waals surface area contributed by atoms with E-state index >= 15 is 0 Å². The van der Waals surface area contributed by atoms with Gasteiger partial charge in [-0.3, -0.25) is 4.79 Å². The van der Waals surface area contributed by atoms with Gasteiger partial charge in [-0.15, -0.1) is 0 Å². The fraction of sp³-hybridized carbons (Fsp3) is 0.857. The van der Waals surface area contributed by atoms with Crippen molar-refractivity contribution in [2.24, 2.45) is 5.73 Å². The van der Waals surface area contributed by atoms with Crippen molar-refractivity contribution in [2.45, 2.75) is 13.3 Å². The first-order valence-corrected chi connectivity index (χ1v) is 4.95. The summed E-state index contributed by atoms with van der Waals surface area (Å²) in [7, 11) is 0. The quantitative estimate of drug-likeness (QED) is 0.569. The van der Waals surface area contributed by atoms with Gasteiger partial charge in [0, 0.05) is 19.2 Å². The molecule has 3 nitrogen and oxygen atoms in total. The van der Waals surface area contributed by atoms with E-state index in [1.165, 1.54) is 6.92 Å². The Morgan fingerprint density at radius 3 is 2.82 bits per heavy atom. The maximum absolute atomic E-state index is 10.4. The summed E-state index contributed by atoms with van der Waals surface area (Å²) in [5.41, 5.74) is 5.31. The van der Waals surface area contributed by atoms with Crippen LogP contribution in [-0.4, -0.2) is 30.5 Å². The van der Waals surface area contributed by atoms with Crippen LogP contribution in [0.15, 0.2) is 0 Å². The predicted octanol–water partition coefficient (Wildman–Crippen LogP) is 0.205. The predicted molar refractivity (Wildman–Crippen MR) is 49.7 cm³/mol. The van der Waals surface area contributed by atoms with E-state index in [-0.39, 0.29) is 5.91 Å². The van der Waals surface area contributed by atoms with E-state index in [0.717, 1.165) is 31.0 Å². The van der Waals surface area contributed by atoms with E-state index in [1.54, 1.807) is 0 Å². The van der Waals surface area contributed by atoms with Gasteiger partial charge in [-0.1, -0.05) is 0 Å². The van der Waals surface area contributed by atoms with E-state index in [2.05, 4.69) is 5.32 Å². The van der Waals surface area contributed by atoms with Gasteiger partial charge in [0.1, 0.15) is 0 Å². The number of hydrogen-bond acceptors (Lipinski definition) is 3. The molecule has 3 N–H and O–H groups in total. The molecule has 0 spiro atoms. The standard InChI is InChI=1S/C7H16N2OS/c1-7(10)9-4-6-11-5-2-3-8/h2-6,8H2,1H3,(H,9,10). The third-order valence-corrected chi connectivity index (χ3v) is 2.18. The minimum atomic E-state index is 0.0458. The molecule has 0 atom stereocenters. The summed E-state index contributed by atoms with van der Waals surface area (Å²) in [6.45, 7) is 3.06. The first-order chi connectivity index (χ1) is 5.27. The molecule has 0 aromatic rings. The van der Waals surface area contributed by atoms with E-state index in [1.807, 2.05) is 11.8 Å². The Morgan fingerprint density at radius 2 is 2.27 bits per heavy atom. The number of thioether (sulfide) groups is 1.